The fraction of sp³-hybridized carbons (Fsp3) is 0.111. The largest absolute Gasteiger partial charge is 0.355 e. The summed E-state index contributed by atoms with van der Waals surface area (Å²) in [6.07, 6.45) is 1.71. The molecule has 3 rings (SSSR count). The van der Waals surface area contributed by atoms with Crippen LogP contribution < -0.4 is 10.3 Å². The van der Waals surface area contributed by atoms with Crippen molar-refractivity contribution >= 4 is 29.0 Å². The van der Waals surface area contributed by atoms with Crippen LogP contribution in [0.4, 0.5) is 11.6 Å². The molecule has 0 atom stereocenters. The molecule has 0 aliphatic rings. The number of hydrogen-bond donors (Lipinski definition) is 1. The molecule has 0 amide bonds. The molecule has 8 heteroatoms. The first-order chi connectivity index (χ1) is 12.4. The Morgan fingerprint density at radius 1 is 1.27 bits per heavy atom. The molecule has 132 valence electrons. The number of nitrogens with zero attached hydrogens (tertiary/aromatic N) is 3. The van der Waals surface area contributed by atoms with Crippen molar-refractivity contribution in [2.75, 3.05) is 5.73 Å². The molecule has 2 N–H and O–H groups in total. The fourth-order valence-electron chi connectivity index (χ4n) is 2.70. The lowest BCUT2D eigenvalue weighted by Crippen LogP contribution is -2.39. The van der Waals surface area contributed by atoms with Gasteiger partial charge in [0.15, 0.2) is 5.78 Å². The number of carbonyl (C=O) groups excluding carboxylic acids is 1. The normalized spacial score (nSPS) is 10.7. The standard InChI is InChI=1S/C18H15ClN4O3/c1-21-16(12-4-3-7-15(9-12)23(25)26)10-22(18(21)20)11-17(24)13-5-2-6-14(19)8-13/h2-10,20H,11H2,1H3/p+1. The van der Waals surface area contributed by atoms with Crippen LogP contribution in [0.5, 0.6) is 0 Å². The minimum atomic E-state index is -0.452. The molecule has 1 heterocycles. The number of hydrogen-bond acceptors (Lipinski definition) is 4. The topological polar surface area (TPSA) is 95.0 Å². The number of nitro groups is 1. The molecule has 0 aliphatic carbocycles. The number of rotatable bonds is 5. The van der Waals surface area contributed by atoms with Gasteiger partial charge in [0.05, 0.1) is 12.0 Å². The van der Waals surface area contributed by atoms with Crippen LogP contribution in [0.25, 0.3) is 11.3 Å². The van der Waals surface area contributed by atoms with Crippen molar-refractivity contribution in [2.45, 2.75) is 6.54 Å². The van der Waals surface area contributed by atoms with E-state index < -0.39 is 4.92 Å². The van der Waals surface area contributed by atoms with E-state index in [1.165, 1.54) is 12.1 Å². The van der Waals surface area contributed by atoms with E-state index in [4.69, 9.17) is 17.3 Å². The zero-order valence-electron chi connectivity index (χ0n) is 13.9. The number of ketones is 1. The lowest BCUT2D eigenvalue weighted by molar-refractivity contribution is -0.667. The van der Waals surface area contributed by atoms with Crippen LogP contribution in [-0.4, -0.2) is 15.3 Å². The fourth-order valence-corrected chi connectivity index (χ4v) is 2.89. The minimum Gasteiger partial charge on any atom is -0.291 e. The maximum absolute atomic E-state index is 12.5. The lowest BCUT2D eigenvalue weighted by atomic mass is 10.1. The summed E-state index contributed by atoms with van der Waals surface area (Å²) in [5.41, 5.74) is 7.90. The third-order valence-electron chi connectivity index (χ3n) is 4.09. The van der Waals surface area contributed by atoms with Crippen molar-refractivity contribution < 1.29 is 14.3 Å². The number of halogens is 1. The molecule has 0 radical (unpaired) electrons. The predicted molar refractivity (Wildman–Crippen MR) is 97.9 cm³/mol. The predicted octanol–water partition coefficient (Wildman–Crippen LogP) is 3.01. The molecular formula is C18H16ClN4O3+. The Labute approximate surface area is 154 Å². The molecule has 1 aromatic heterocycles. The Bertz CT molecular complexity index is 1010. The molecule has 0 unspecified atom stereocenters. The monoisotopic (exact) mass is 371 g/mol. The van der Waals surface area contributed by atoms with Crippen molar-refractivity contribution in [1.82, 2.24) is 4.57 Å². The van der Waals surface area contributed by atoms with Crippen LogP contribution in [0.3, 0.4) is 0 Å². The summed E-state index contributed by atoms with van der Waals surface area (Å²) in [5.74, 6) is 0.224. The highest BCUT2D eigenvalue weighted by molar-refractivity contribution is 6.30. The zero-order chi connectivity index (χ0) is 18.8. The summed E-state index contributed by atoms with van der Waals surface area (Å²) in [5, 5.41) is 11.5. The molecule has 0 saturated carbocycles. The third-order valence-corrected chi connectivity index (χ3v) is 4.33. The second-order valence-corrected chi connectivity index (χ2v) is 6.24. The second-order valence-electron chi connectivity index (χ2n) is 5.80. The number of anilines is 1. The number of non-ortho nitro benzene ring substituents is 1. The highest BCUT2D eigenvalue weighted by Crippen LogP contribution is 2.24. The molecular weight excluding hydrogens is 356 g/mol. The van der Waals surface area contributed by atoms with Crippen LogP contribution in [0.2, 0.25) is 5.02 Å². The minimum absolute atomic E-state index is 0.0103. The number of Topliss-reactive ketones (excluding diaryl/α,β-unsaturated/α-hetero) is 1. The molecule has 0 bridgehead atoms. The van der Waals surface area contributed by atoms with E-state index in [1.54, 1.807) is 58.8 Å². The summed E-state index contributed by atoms with van der Waals surface area (Å²) in [6, 6.07) is 13.0. The average molecular weight is 372 g/mol. The van der Waals surface area contributed by atoms with E-state index in [9.17, 15) is 14.9 Å². The van der Waals surface area contributed by atoms with Crippen LogP contribution >= 0.6 is 11.6 Å². The number of carbonyl (C=O) groups is 1. The Morgan fingerprint density at radius 3 is 2.69 bits per heavy atom. The van der Waals surface area contributed by atoms with Crippen molar-refractivity contribution in [1.29, 1.82) is 0 Å². The molecule has 0 fully saturated rings. The molecule has 0 saturated heterocycles. The van der Waals surface area contributed by atoms with Gasteiger partial charge in [0.25, 0.3) is 5.69 Å². The van der Waals surface area contributed by atoms with Crippen LogP contribution in [0.1, 0.15) is 10.4 Å². The van der Waals surface area contributed by atoms with Crippen molar-refractivity contribution in [3.05, 3.63) is 75.4 Å². The van der Waals surface area contributed by atoms with Gasteiger partial charge in [0.2, 0.25) is 0 Å². The molecule has 7 nitrogen and oxygen atoms in total. The molecule has 3 aromatic rings. The van der Waals surface area contributed by atoms with E-state index in [2.05, 4.69) is 0 Å². The van der Waals surface area contributed by atoms with Gasteiger partial charge in [-0.3, -0.25) is 20.6 Å². The van der Waals surface area contributed by atoms with Gasteiger partial charge in [0.1, 0.15) is 18.4 Å². The Hall–Kier alpha value is -3.19. The smallest absolute Gasteiger partial charge is 0.291 e. The first-order valence-corrected chi connectivity index (χ1v) is 8.13. The van der Waals surface area contributed by atoms with Gasteiger partial charge in [-0.1, -0.05) is 35.9 Å². The van der Waals surface area contributed by atoms with E-state index in [0.29, 0.717) is 27.8 Å². The highest BCUT2D eigenvalue weighted by atomic mass is 35.5. The first kappa shape index (κ1) is 17.6. The summed E-state index contributed by atoms with van der Waals surface area (Å²) in [7, 11) is 1.74. The summed E-state index contributed by atoms with van der Waals surface area (Å²) >= 11 is 5.93. The van der Waals surface area contributed by atoms with E-state index in [0.717, 1.165) is 0 Å². The first-order valence-electron chi connectivity index (χ1n) is 7.75. The van der Waals surface area contributed by atoms with Crippen molar-refractivity contribution in [3.63, 3.8) is 0 Å². The molecule has 0 aliphatic heterocycles. The van der Waals surface area contributed by atoms with Crippen molar-refractivity contribution in [3.8, 4) is 11.3 Å². The lowest BCUT2D eigenvalue weighted by Gasteiger charge is -2.01. The van der Waals surface area contributed by atoms with Gasteiger partial charge in [-0.2, -0.15) is 0 Å². The maximum atomic E-state index is 12.5. The summed E-state index contributed by atoms with van der Waals surface area (Å²) in [4.78, 5) is 23.0. The number of nitrogens with two attached hydrogens (primary N) is 1. The van der Waals surface area contributed by atoms with Crippen LogP contribution in [0.15, 0.2) is 54.7 Å². The quantitative estimate of drug-likeness (QED) is 0.323. The molecule has 26 heavy (non-hydrogen) atoms. The number of imidazole rings is 1. The van der Waals surface area contributed by atoms with E-state index >= 15 is 0 Å². The highest BCUT2D eigenvalue weighted by Gasteiger charge is 2.21. The second kappa shape index (κ2) is 6.97. The average Bonchev–Trinajstić information content (AvgIpc) is 2.90. The van der Waals surface area contributed by atoms with Crippen LogP contribution in [-0.2, 0) is 13.6 Å². The van der Waals surface area contributed by atoms with Gasteiger partial charge in [-0.25, -0.2) is 9.13 Å². The Kier molecular flexibility index (Phi) is 4.73. The number of aromatic nitrogens is 2. The summed E-state index contributed by atoms with van der Waals surface area (Å²) in [6.45, 7) is 0.0366. The van der Waals surface area contributed by atoms with Gasteiger partial charge < -0.3 is 0 Å². The van der Waals surface area contributed by atoms with Gasteiger partial charge in [-0.15, -0.1) is 0 Å². The van der Waals surface area contributed by atoms with Crippen LogP contribution in [0, 0.1) is 10.1 Å². The van der Waals surface area contributed by atoms with E-state index in [1.807, 2.05) is 0 Å². The third kappa shape index (κ3) is 3.43. The van der Waals surface area contributed by atoms with Gasteiger partial charge in [0, 0.05) is 28.3 Å². The van der Waals surface area contributed by atoms with Crippen molar-refractivity contribution in [2.24, 2.45) is 7.05 Å². The number of benzene rings is 2. The Morgan fingerprint density at radius 2 is 2.00 bits per heavy atom. The number of nitro benzene ring substituents is 1. The summed E-state index contributed by atoms with van der Waals surface area (Å²) < 4.78 is 3.29. The van der Waals surface area contributed by atoms with E-state index in [-0.39, 0.29) is 18.0 Å². The Balaban J connectivity index is 1.94. The molecule has 2 aromatic carbocycles. The molecule has 0 spiro atoms. The SMILES string of the molecule is Cn1c(-c2cccc([N+](=O)[O-])c2)c[n+](CC(=O)c2cccc(Cl)c2)c1N. The number of nitrogen functional groups attached to an aromatic ring is 1. The zero-order valence-corrected chi connectivity index (χ0v) is 14.7. The van der Waals surface area contributed by atoms with Gasteiger partial charge >= 0.3 is 5.95 Å². The van der Waals surface area contributed by atoms with Gasteiger partial charge in [-0.05, 0) is 12.1 Å². The maximum Gasteiger partial charge on any atom is 0.355 e.